The van der Waals surface area contributed by atoms with Crippen molar-refractivity contribution in [2.45, 2.75) is 11.8 Å². The number of esters is 1. The molecule has 0 bridgehead atoms. The molecule has 0 spiro atoms. The first-order chi connectivity index (χ1) is 7.64. The van der Waals surface area contributed by atoms with E-state index in [0.29, 0.717) is 12.2 Å². The second-order valence-corrected chi connectivity index (χ2v) is 4.28. The van der Waals surface area contributed by atoms with Gasteiger partial charge < -0.3 is 4.74 Å². The van der Waals surface area contributed by atoms with Crippen molar-refractivity contribution >= 4 is 11.7 Å². The molecule has 1 saturated carbocycles. The van der Waals surface area contributed by atoms with Gasteiger partial charge in [0.2, 0.25) is 0 Å². The first kappa shape index (κ1) is 9.33. The minimum atomic E-state index is -0.577. The fraction of sp³-hybridized carbons (Fsp3) is 0.364. The number of carbonyl (C=O) groups excluding carboxylic acids is 1. The van der Waals surface area contributed by atoms with Crippen LogP contribution in [0.4, 0.5) is 5.69 Å². The highest BCUT2D eigenvalue weighted by Crippen LogP contribution is 2.59. The molecule has 3 rings (SSSR count). The summed E-state index contributed by atoms with van der Waals surface area (Å²) < 4.78 is 4.96. The number of nitrogens with zero attached hydrogens (tertiary/aromatic N) is 1. The van der Waals surface area contributed by atoms with Crippen LogP contribution >= 0.6 is 0 Å². The number of hydrogen-bond acceptors (Lipinski definition) is 4. The van der Waals surface area contributed by atoms with Gasteiger partial charge in [0.05, 0.1) is 16.9 Å². The molecule has 1 aliphatic heterocycles. The van der Waals surface area contributed by atoms with Crippen LogP contribution < -0.4 is 0 Å². The van der Waals surface area contributed by atoms with E-state index in [1.165, 1.54) is 12.1 Å². The molecule has 2 fully saturated rings. The Labute approximate surface area is 91.2 Å². The van der Waals surface area contributed by atoms with E-state index in [0.717, 1.165) is 6.42 Å². The Hall–Kier alpha value is -1.91. The zero-order chi connectivity index (χ0) is 11.3. The first-order valence-electron chi connectivity index (χ1n) is 5.07. The van der Waals surface area contributed by atoms with Crippen LogP contribution in [-0.4, -0.2) is 17.5 Å². The van der Waals surface area contributed by atoms with E-state index in [-0.39, 0.29) is 17.6 Å². The van der Waals surface area contributed by atoms with Gasteiger partial charge in [0, 0.05) is 18.1 Å². The van der Waals surface area contributed by atoms with Crippen LogP contribution in [0.25, 0.3) is 0 Å². The summed E-state index contributed by atoms with van der Waals surface area (Å²) in [6, 6.07) is 6.28. The van der Waals surface area contributed by atoms with Gasteiger partial charge in [-0.05, 0) is 12.0 Å². The summed E-state index contributed by atoms with van der Waals surface area (Å²) in [5.74, 6) is -0.0278. The summed E-state index contributed by atoms with van der Waals surface area (Å²) >= 11 is 0. The maximum atomic E-state index is 11.6. The van der Waals surface area contributed by atoms with Crippen LogP contribution in [0, 0.1) is 16.0 Å². The van der Waals surface area contributed by atoms with E-state index < -0.39 is 10.3 Å². The molecular weight excluding hydrogens is 210 g/mol. The van der Waals surface area contributed by atoms with Gasteiger partial charge in [-0.3, -0.25) is 14.9 Å². The van der Waals surface area contributed by atoms with Crippen LogP contribution in [0.15, 0.2) is 24.3 Å². The number of nitro groups is 1. The zero-order valence-electron chi connectivity index (χ0n) is 8.38. The molecule has 1 aromatic rings. The Kier molecular flexibility index (Phi) is 1.64. The quantitative estimate of drug-likeness (QED) is 0.428. The molecule has 0 N–H and O–H groups in total. The lowest BCUT2D eigenvalue weighted by atomic mass is 9.94. The molecule has 2 atom stereocenters. The smallest absolute Gasteiger partial charge is 0.317 e. The minimum Gasteiger partial charge on any atom is -0.465 e. The van der Waals surface area contributed by atoms with E-state index in [9.17, 15) is 14.9 Å². The summed E-state index contributed by atoms with van der Waals surface area (Å²) in [6.07, 6.45) is 0.757. The van der Waals surface area contributed by atoms with E-state index in [1.54, 1.807) is 12.1 Å². The highest BCUT2D eigenvalue weighted by atomic mass is 16.6. The van der Waals surface area contributed by atoms with Crippen LogP contribution in [0.2, 0.25) is 0 Å². The maximum absolute atomic E-state index is 11.6. The van der Waals surface area contributed by atoms with Crippen LogP contribution in [0.1, 0.15) is 12.0 Å². The lowest BCUT2D eigenvalue weighted by Crippen LogP contribution is -2.18. The molecule has 0 amide bonds. The Morgan fingerprint density at radius 1 is 1.50 bits per heavy atom. The van der Waals surface area contributed by atoms with E-state index >= 15 is 0 Å². The van der Waals surface area contributed by atoms with Gasteiger partial charge in [-0.25, -0.2) is 0 Å². The molecule has 0 unspecified atom stereocenters. The number of benzene rings is 1. The van der Waals surface area contributed by atoms with Crippen LogP contribution in [0.3, 0.4) is 0 Å². The van der Waals surface area contributed by atoms with Crippen molar-refractivity contribution in [3.05, 3.63) is 39.9 Å². The second-order valence-electron chi connectivity index (χ2n) is 4.28. The van der Waals surface area contributed by atoms with Gasteiger partial charge in [0.1, 0.15) is 0 Å². The Bertz CT molecular complexity index is 499. The van der Waals surface area contributed by atoms with Gasteiger partial charge >= 0.3 is 5.97 Å². The molecule has 16 heavy (non-hydrogen) atoms. The van der Waals surface area contributed by atoms with Gasteiger partial charge in [-0.1, -0.05) is 12.1 Å². The van der Waals surface area contributed by atoms with Gasteiger partial charge in [-0.15, -0.1) is 0 Å². The molecule has 5 heteroatoms. The van der Waals surface area contributed by atoms with Crippen molar-refractivity contribution in [3.8, 4) is 0 Å². The molecule has 82 valence electrons. The number of nitro benzene ring substituents is 1. The standard InChI is InChI=1S/C11H9NO4/c13-10-11(5-8(11)6-16-10)7-2-1-3-9(4-7)12(14)15/h1-4,8H,5-6H2/t8-,11+/m0/s1. The summed E-state index contributed by atoms with van der Waals surface area (Å²) in [5, 5.41) is 10.7. The van der Waals surface area contributed by atoms with Gasteiger partial charge in [-0.2, -0.15) is 0 Å². The number of hydrogen-bond donors (Lipinski definition) is 0. The van der Waals surface area contributed by atoms with Gasteiger partial charge in [0.25, 0.3) is 5.69 Å². The fourth-order valence-corrected chi connectivity index (χ4v) is 2.45. The summed E-state index contributed by atoms with van der Waals surface area (Å²) in [4.78, 5) is 21.8. The molecule has 5 nitrogen and oxygen atoms in total. The average Bonchev–Trinajstić information content (AvgIpc) is 2.94. The number of ether oxygens (including phenoxy) is 1. The molecule has 0 radical (unpaired) electrons. The molecule has 2 aliphatic rings. The molecular formula is C11H9NO4. The zero-order valence-corrected chi connectivity index (χ0v) is 8.38. The lowest BCUT2D eigenvalue weighted by Gasteiger charge is -2.08. The first-order valence-corrected chi connectivity index (χ1v) is 5.07. The SMILES string of the molecule is O=C1OC[C@@H]2C[C@]12c1cccc([N+](=O)[O-])c1. The normalized spacial score (nSPS) is 30.8. The van der Waals surface area contributed by atoms with Crippen molar-refractivity contribution in [2.75, 3.05) is 6.61 Å². The third-order valence-electron chi connectivity index (χ3n) is 3.46. The molecule has 1 aliphatic carbocycles. The second kappa shape index (κ2) is 2.81. The van der Waals surface area contributed by atoms with E-state index in [4.69, 9.17) is 4.74 Å². The maximum Gasteiger partial charge on any atom is 0.317 e. The molecule has 1 aromatic carbocycles. The summed E-state index contributed by atoms with van der Waals surface area (Å²) in [6.45, 7) is 0.446. The molecule has 1 saturated heterocycles. The predicted octanol–water partition coefficient (Wildman–Crippen LogP) is 1.41. The highest BCUT2D eigenvalue weighted by molar-refractivity contribution is 5.90. The third kappa shape index (κ3) is 1.02. The predicted molar refractivity (Wildman–Crippen MR) is 53.8 cm³/mol. The number of cyclic esters (lactones) is 1. The van der Waals surface area contributed by atoms with Crippen molar-refractivity contribution in [3.63, 3.8) is 0 Å². The number of carbonyl (C=O) groups is 1. The Morgan fingerprint density at radius 2 is 2.31 bits per heavy atom. The minimum absolute atomic E-state index is 0.0252. The number of rotatable bonds is 2. The Morgan fingerprint density at radius 3 is 2.88 bits per heavy atom. The van der Waals surface area contributed by atoms with Crippen LogP contribution in [-0.2, 0) is 14.9 Å². The highest BCUT2D eigenvalue weighted by Gasteiger charge is 2.67. The molecule has 0 aromatic heterocycles. The van der Waals surface area contributed by atoms with E-state index in [1.807, 2.05) is 0 Å². The third-order valence-corrected chi connectivity index (χ3v) is 3.46. The summed E-state index contributed by atoms with van der Waals surface area (Å²) in [5.41, 5.74) is 0.165. The number of fused-ring (bicyclic) bond motifs is 1. The fourth-order valence-electron chi connectivity index (χ4n) is 2.45. The Balaban J connectivity index is 2.05. The largest absolute Gasteiger partial charge is 0.465 e. The van der Waals surface area contributed by atoms with Crippen molar-refractivity contribution in [2.24, 2.45) is 5.92 Å². The monoisotopic (exact) mass is 219 g/mol. The average molecular weight is 219 g/mol. The van der Waals surface area contributed by atoms with E-state index in [2.05, 4.69) is 0 Å². The van der Waals surface area contributed by atoms with Crippen LogP contribution in [0.5, 0.6) is 0 Å². The topological polar surface area (TPSA) is 69.4 Å². The van der Waals surface area contributed by atoms with Crippen molar-refractivity contribution in [1.82, 2.24) is 0 Å². The van der Waals surface area contributed by atoms with Gasteiger partial charge in [0.15, 0.2) is 0 Å². The van der Waals surface area contributed by atoms with Crippen molar-refractivity contribution in [1.29, 1.82) is 0 Å². The van der Waals surface area contributed by atoms with Crippen molar-refractivity contribution < 1.29 is 14.5 Å². The molecule has 1 heterocycles. The number of non-ortho nitro benzene ring substituents is 1. The summed E-state index contributed by atoms with van der Waals surface area (Å²) in [7, 11) is 0. The lowest BCUT2D eigenvalue weighted by molar-refractivity contribution is -0.384.